The zero-order valence-electron chi connectivity index (χ0n) is 11.2. The number of nitrogens with zero attached hydrogens (tertiary/aromatic N) is 4. The fourth-order valence-electron chi connectivity index (χ4n) is 2.37. The van der Waals surface area contributed by atoms with Crippen molar-refractivity contribution >= 4 is 12.4 Å². The van der Waals surface area contributed by atoms with Crippen molar-refractivity contribution < 1.29 is 4.42 Å². The van der Waals surface area contributed by atoms with Crippen LogP contribution in [0, 0.1) is 0 Å². The molecule has 4 rings (SSSR count). The zero-order valence-corrected chi connectivity index (χ0v) is 12.0. The number of benzene rings is 1. The maximum absolute atomic E-state index is 5.56. The van der Waals surface area contributed by atoms with Gasteiger partial charge in [0.25, 0.3) is 0 Å². The molecule has 0 saturated heterocycles. The normalized spacial score (nSPS) is 13.5. The van der Waals surface area contributed by atoms with E-state index in [1.165, 1.54) is 0 Å². The summed E-state index contributed by atoms with van der Waals surface area (Å²) in [5.74, 6) is 2.31. The molecule has 7 heteroatoms. The molecule has 0 atom stereocenters. The minimum Gasteiger partial charge on any atom is -0.444 e. The van der Waals surface area contributed by atoms with E-state index in [0.29, 0.717) is 5.89 Å². The van der Waals surface area contributed by atoms with Crippen LogP contribution in [0.2, 0.25) is 0 Å². The smallest absolute Gasteiger partial charge is 0.226 e. The van der Waals surface area contributed by atoms with Crippen LogP contribution in [-0.2, 0) is 13.1 Å². The van der Waals surface area contributed by atoms with Crippen molar-refractivity contribution in [3.63, 3.8) is 0 Å². The summed E-state index contributed by atoms with van der Waals surface area (Å²) in [6, 6.07) is 9.83. The molecule has 0 aliphatic carbocycles. The van der Waals surface area contributed by atoms with E-state index >= 15 is 0 Å². The second kappa shape index (κ2) is 5.67. The van der Waals surface area contributed by atoms with Crippen LogP contribution in [-0.4, -0.2) is 26.3 Å². The van der Waals surface area contributed by atoms with Crippen LogP contribution in [0.1, 0.15) is 5.82 Å². The lowest BCUT2D eigenvalue weighted by Gasteiger charge is -2.14. The maximum Gasteiger partial charge on any atom is 0.226 e. The molecule has 108 valence electrons. The molecule has 0 radical (unpaired) electrons. The standard InChI is InChI=1S/C14H13N5O.ClH/c1-2-4-10(5-3-1)14-16-11(9-20-14)13-18-17-12-8-15-6-7-19(12)13;/h1-5,9,15H,6-8H2;1H. The molecule has 1 aromatic carbocycles. The molecule has 0 spiro atoms. The van der Waals surface area contributed by atoms with Crippen LogP contribution < -0.4 is 5.32 Å². The predicted octanol–water partition coefficient (Wildman–Crippen LogP) is 2.13. The summed E-state index contributed by atoms with van der Waals surface area (Å²) < 4.78 is 7.64. The van der Waals surface area contributed by atoms with E-state index in [4.69, 9.17) is 4.42 Å². The monoisotopic (exact) mass is 303 g/mol. The number of hydrogen-bond acceptors (Lipinski definition) is 5. The Morgan fingerprint density at radius 3 is 2.86 bits per heavy atom. The van der Waals surface area contributed by atoms with Crippen molar-refractivity contribution in [1.29, 1.82) is 0 Å². The highest BCUT2D eigenvalue weighted by Gasteiger charge is 2.19. The number of rotatable bonds is 2. The first-order valence-corrected chi connectivity index (χ1v) is 6.56. The molecule has 0 fully saturated rings. The van der Waals surface area contributed by atoms with Crippen molar-refractivity contribution in [3.8, 4) is 23.0 Å². The average molecular weight is 304 g/mol. The first-order valence-electron chi connectivity index (χ1n) is 6.56. The Hall–Kier alpha value is -2.18. The second-order valence-corrected chi connectivity index (χ2v) is 4.67. The van der Waals surface area contributed by atoms with Gasteiger partial charge in [0.2, 0.25) is 5.89 Å². The lowest BCUT2D eigenvalue weighted by Crippen LogP contribution is -2.28. The molecule has 3 heterocycles. The third-order valence-corrected chi connectivity index (χ3v) is 3.38. The Balaban J connectivity index is 0.00000132. The molecule has 1 aliphatic heterocycles. The van der Waals surface area contributed by atoms with E-state index in [1.54, 1.807) is 6.26 Å². The van der Waals surface area contributed by atoms with Gasteiger partial charge in [0, 0.05) is 18.7 Å². The molecule has 3 aromatic rings. The van der Waals surface area contributed by atoms with E-state index < -0.39 is 0 Å². The molecule has 1 N–H and O–H groups in total. The zero-order chi connectivity index (χ0) is 13.4. The molecule has 1 aliphatic rings. The Morgan fingerprint density at radius 2 is 2.00 bits per heavy atom. The summed E-state index contributed by atoms with van der Waals surface area (Å²) >= 11 is 0. The fraction of sp³-hybridized carbons (Fsp3) is 0.214. The van der Waals surface area contributed by atoms with Gasteiger partial charge in [-0.2, -0.15) is 0 Å². The third kappa shape index (κ3) is 2.43. The molecular weight excluding hydrogens is 290 g/mol. The van der Waals surface area contributed by atoms with Crippen LogP contribution in [0.5, 0.6) is 0 Å². The first kappa shape index (κ1) is 13.8. The molecular formula is C14H14ClN5O. The van der Waals surface area contributed by atoms with Crippen molar-refractivity contribution in [1.82, 2.24) is 25.1 Å². The van der Waals surface area contributed by atoms with Crippen LogP contribution in [0.15, 0.2) is 41.0 Å². The van der Waals surface area contributed by atoms with Crippen LogP contribution in [0.25, 0.3) is 23.0 Å². The van der Waals surface area contributed by atoms with Crippen molar-refractivity contribution in [2.45, 2.75) is 13.1 Å². The molecule has 0 unspecified atom stereocenters. The summed E-state index contributed by atoms with van der Waals surface area (Å²) in [4.78, 5) is 4.52. The number of nitrogens with one attached hydrogen (secondary N) is 1. The minimum absolute atomic E-state index is 0. The van der Waals surface area contributed by atoms with Gasteiger partial charge in [-0.25, -0.2) is 4.98 Å². The highest BCUT2D eigenvalue weighted by Crippen LogP contribution is 2.24. The molecule has 2 aromatic heterocycles. The Labute approximate surface area is 127 Å². The number of aromatic nitrogens is 4. The van der Waals surface area contributed by atoms with E-state index in [2.05, 4.69) is 25.1 Å². The van der Waals surface area contributed by atoms with Gasteiger partial charge in [0.1, 0.15) is 17.8 Å². The predicted molar refractivity (Wildman–Crippen MR) is 79.9 cm³/mol. The maximum atomic E-state index is 5.56. The van der Waals surface area contributed by atoms with Gasteiger partial charge in [-0.15, -0.1) is 22.6 Å². The van der Waals surface area contributed by atoms with Gasteiger partial charge in [-0.3, -0.25) is 0 Å². The highest BCUT2D eigenvalue weighted by atomic mass is 35.5. The lowest BCUT2D eigenvalue weighted by molar-refractivity contribution is 0.508. The average Bonchev–Trinajstić information content (AvgIpc) is 3.14. The highest BCUT2D eigenvalue weighted by molar-refractivity contribution is 5.85. The quantitative estimate of drug-likeness (QED) is 0.785. The van der Waals surface area contributed by atoms with Crippen LogP contribution in [0.3, 0.4) is 0 Å². The SMILES string of the molecule is Cl.c1ccc(-c2nc(-c3nnc4n3CCNC4)co2)cc1. The Bertz CT molecular complexity index is 737. The van der Waals surface area contributed by atoms with Crippen molar-refractivity contribution in [2.75, 3.05) is 6.54 Å². The number of oxazole rings is 1. The number of hydrogen-bond donors (Lipinski definition) is 1. The third-order valence-electron chi connectivity index (χ3n) is 3.38. The summed E-state index contributed by atoms with van der Waals surface area (Å²) in [5.41, 5.74) is 1.68. The van der Waals surface area contributed by atoms with Gasteiger partial charge >= 0.3 is 0 Å². The Morgan fingerprint density at radius 1 is 1.14 bits per heavy atom. The summed E-state index contributed by atoms with van der Waals surface area (Å²) in [6.07, 6.45) is 1.64. The molecule has 21 heavy (non-hydrogen) atoms. The van der Waals surface area contributed by atoms with E-state index in [9.17, 15) is 0 Å². The topological polar surface area (TPSA) is 68.8 Å². The summed E-state index contributed by atoms with van der Waals surface area (Å²) in [6.45, 7) is 2.52. The van der Waals surface area contributed by atoms with Crippen molar-refractivity contribution in [2.24, 2.45) is 0 Å². The first-order chi connectivity index (χ1) is 9.92. The van der Waals surface area contributed by atoms with E-state index in [1.807, 2.05) is 30.3 Å². The molecule has 0 amide bonds. The van der Waals surface area contributed by atoms with E-state index in [-0.39, 0.29) is 12.4 Å². The summed E-state index contributed by atoms with van der Waals surface area (Å²) in [7, 11) is 0. The van der Waals surface area contributed by atoms with Gasteiger partial charge in [0.05, 0.1) is 6.54 Å². The minimum atomic E-state index is 0. The van der Waals surface area contributed by atoms with Gasteiger partial charge < -0.3 is 14.3 Å². The molecule has 0 saturated carbocycles. The van der Waals surface area contributed by atoms with Crippen molar-refractivity contribution in [3.05, 3.63) is 42.4 Å². The summed E-state index contributed by atoms with van der Waals surface area (Å²) in [5, 5.41) is 11.7. The molecule has 0 bridgehead atoms. The largest absolute Gasteiger partial charge is 0.444 e. The van der Waals surface area contributed by atoms with Crippen LogP contribution in [0.4, 0.5) is 0 Å². The van der Waals surface area contributed by atoms with Crippen LogP contribution >= 0.6 is 12.4 Å². The lowest BCUT2D eigenvalue weighted by atomic mass is 10.2. The van der Waals surface area contributed by atoms with Gasteiger partial charge in [-0.05, 0) is 12.1 Å². The fourth-order valence-corrected chi connectivity index (χ4v) is 2.37. The Kier molecular flexibility index (Phi) is 3.72. The second-order valence-electron chi connectivity index (χ2n) is 4.67. The number of fused-ring (bicyclic) bond motifs is 1. The van der Waals surface area contributed by atoms with E-state index in [0.717, 1.165) is 42.5 Å². The van der Waals surface area contributed by atoms with Gasteiger partial charge in [-0.1, -0.05) is 18.2 Å². The molecule has 6 nitrogen and oxygen atoms in total. The number of halogens is 1. The van der Waals surface area contributed by atoms with Gasteiger partial charge in [0.15, 0.2) is 5.82 Å².